The summed E-state index contributed by atoms with van der Waals surface area (Å²) >= 11 is 0. The summed E-state index contributed by atoms with van der Waals surface area (Å²) in [6.07, 6.45) is 8.46. The highest BCUT2D eigenvalue weighted by molar-refractivity contribution is 5.85. The molecule has 1 aliphatic rings. The number of carbonyl (C=O) groups excluding carboxylic acids is 1. The van der Waals surface area contributed by atoms with Gasteiger partial charge in [0.25, 0.3) is 0 Å². The summed E-state index contributed by atoms with van der Waals surface area (Å²) in [7, 11) is 1.90. The van der Waals surface area contributed by atoms with Crippen LogP contribution in [0.4, 0.5) is 5.69 Å². The maximum Gasteiger partial charge on any atom is 0.228 e. The summed E-state index contributed by atoms with van der Waals surface area (Å²) in [6.45, 7) is 0.883. The highest BCUT2D eigenvalue weighted by atomic mass is 35.5. The number of rotatable bonds is 4. The number of carbonyl (C=O) groups is 1. The number of nitrogen functional groups attached to an aromatic ring is 1. The molecule has 0 unspecified atom stereocenters. The van der Waals surface area contributed by atoms with Gasteiger partial charge in [-0.2, -0.15) is 0 Å². The molecule has 1 aromatic rings. The number of hydrogen-bond acceptors (Lipinski definition) is 3. The van der Waals surface area contributed by atoms with Crippen LogP contribution in [0.2, 0.25) is 0 Å². The Morgan fingerprint density at radius 3 is 2.65 bits per heavy atom. The van der Waals surface area contributed by atoms with Crippen molar-refractivity contribution in [1.82, 2.24) is 9.88 Å². The fourth-order valence-electron chi connectivity index (χ4n) is 2.69. The van der Waals surface area contributed by atoms with E-state index in [9.17, 15) is 4.79 Å². The molecule has 0 radical (unpaired) electrons. The summed E-state index contributed by atoms with van der Waals surface area (Å²) in [5, 5.41) is 0. The van der Waals surface area contributed by atoms with E-state index in [1.165, 1.54) is 32.1 Å². The van der Waals surface area contributed by atoms with Crippen LogP contribution in [0.15, 0.2) is 18.3 Å². The van der Waals surface area contributed by atoms with Gasteiger partial charge in [0.05, 0.1) is 18.3 Å². The van der Waals surface area contributed by atoms with E-state index in [1.807, 2.05) is 18.0 Å². The lowest BCUT2D eigenvalue weighted by atomic mass is 9.89. The molecule has 1 aliphatic carbocycles. The van der Waals surface area contributed by atoms with Crippen molar-refractivity contribution >= 4 is 24.0 Å². The molecule has 4 nitrogen and oxygen atoms in total. The first-order valence-electron chi connectivity index (χ1n) is 7.09. The van der Waals surface area contributed by atoms with E-state index < -0.39 is 0 Å². The van der Waals surface area contributed by atoms with Crippen molar-refractivity contribution in [3.63, 3.8) is 0 Å². The SMILES string of the molecule is CN(CC1CCCCC1)C(=O)Cc1ccc(N)cn1.Cl. The van der Waals surface area contributed by atoms with Gasteiger partial charge in [0.2, 0.25) is 5.91 Å². The Kier molecular flexibility index (Phi) is 6.79. The van der Waals surface area contributed by atoms with Crippen LogP contribution in [0, 0.1) is 5.92 Å². The predicted octanol–water partition coefficient (Wildman–Crippen LogP) is 2.67. The van der Waals surface area contributed by atoms with Gasteiger partial charge in [-0.25, -0.2) is 0 Å². The highest BCUT2D eigenvalue weighted by Gasteiger charge is 2.18. The second-order valence-corrected chi connectivity index (χ2v) is 5.54. The Hall–Kier alpha value is -1.29. The summed E-state index contributed by atoms with van der Waals surface area (Å²) in [5.74, 6) is 0.824. The Balaban J connectivity index is 0.00000200. The molecule has 0 aliphatic heterocycles. The largest absolute Gasteiger partial charge is 0.397 e. The molecule has 0 saturated heterocycles. The average Bonchev–Trinajstić information content (AvgIpc) is 2.42. The minimum Gasteiger partial charge on any atom is -0.397 e. The number of pyridine rings is 1. The zero-order chi connectivity index (χ0) is 13.7. The lowest BCUT2D eigenvalue weighted by molar-refractivity contribution is -0.129. The molecule has 1 fully saturated rings. The standard InChI is InChI=1S/C15H23N3O.ClH/c1-18(11-12-5-3-2-4-6-12)15(19)9-14-8-7-13(16)10-17-14;/h7-8,10,12H,2-6,9,11,16H2,1H3;1H. The van der Waals surface area contributed by atoms with E-state index in [-0.39, 0.29) is 18.3 Å². The molecule has 20 heavy (non-hydrogen) atoms. The van der Waals surface area contributed by atoms with Crippen molar-refractivity contribution in [2.75, 3.05) is 19.3 Å². The highest BCUT2D eigenvalue weighted by Crippen LogP contribution is 2.24. The molecule has 1 heterocycles. The molecule has 0 bridgehead atoms. The van der Waals surface area contributed by atoms with E-state index in [0.717, 1.165) is 12.2 Å². The Morgan fingerprint density at radius 1 is 1.35 bits per heavy atom. The fraction of sp³-hybridized carbons (Fsp3) is 0.600. The molecule has 0 spiro atoms. The van der Waals surface area contributed by atoms with Gasteiger partial charge in [-0.05, 0) is 30.9 Å². The summed E-state index contributed by atoms with van der Waals surface area (Å²) < 4.78 is 0. The number of nitrogens with two attached hydrogens (primary N) is 1. The number of amides is 1. The number of aromatic nitrogens is 1. The minimum atomic E-state index is 0. The van der Waals surface area contributed by atoms with E-state index in [4.69, 9.17) is 5.73 Å². The van der Waals surface area contributed by atoms with Crippen molar-refractivity contribution in [3.05, 3.63) is 24.0 Å². The van der Waals surface area contributed by atoms with Crippen molar-refractivity contribution in [1.29, 1.82) is 0 Å². The quantitative estimate of drug-likeness (QED) is 0.929. The summed E-state index contributed by atoms with van der Waals surface area (Å²) in [4.78, 5) is 18.2. The van der Waals surface area contributed by atoms with Crippen molar-refractivity contribution < 1.29 is 4.79 Å². The number of halogens is 1. The zero-order valence-electron chi connectivity index (χ0n) is 12.0. The Bertz CT molecular complexity index is 416. The third-order valence-electron chi connectivity index (χ3n) is 3.86. The summed E-state index contributed by atoms with van der Waals surface area (Å²) in [5.41, 5.74) is 7.00. The van der Waals surface area contributed by atoms with Gasteiger partial charge < -0.3 is 10.6 Å². The van der Waals surface area contributed by atoms with Gasteiger partial charge in [-0.15, -0.1) is 12.4 Å². The second kappa shape index (κ2) is 8.10. The summed E-state index contributed by atoms with van der Waals surface area (Å²) in [6, 6.07) is 3.61. The third-order valence-corrected chi connectivity index (χ3v) is 3.86. The first-order chi connectivity index (χ1) is 9.15. The van der Waals surface area contributed by atoms with E-state index >= 15 is 0 Å². The maximum atomic E-state index is 12.1. The van der Waals surface area contributed by atoms with Crippen molar-refractivity contribution in [3.8, 4) is 0 Å². The first-order valence-corrected chi connectivity index (χ1v) is 7.09. The lowest BCUT2D eigenvalue weighted by Crippen LogP contribution is -2.33. The maximum absolute atomic E-state index is 12.1. The Morgan fingerprint density at radius 2 is 2.05 bits per heavy atom. The number of hydrogen-bond donors (Lipinski definition) is 1. The number of likely N-dealkylation sites (N-methyl/N-ethyl adjacent to an activating group) is 1. The molecule has 2 rings (SSSR count). The minimum absolute atomic E-state index is 0. The van der Waals surface area contributed by atoms with E-state index in [2.05, 4.69) is 4.98 Å². The van der Waals surface area contributed by atoms with Crippen LogP contribution in [-0.2, 0) is 11.2 Å². The van der Waals surface area contributed by atoms with Gasteiger partial charge in [-0.1, -0.05) is 19.3 Å². The van der Waals surface area contributed by atoms with Gasteiger partial charge in [0, 0.05) is 19.3 Å². The van der Waals surface area contributed by atoms with Gasteiger partial charge >= 0.3 is 0 Å². The van der Waals surface area contributed by atoms with Crippen LogP contribution in [0.1, 0.15) is 37.8 Å². The van der Waals surface area contributed by atoms with Gasteiger partial charge in [-0.3, -0.25) is 9.78 Å². The Labute approximate surface area is 127 Å². The van der Waals surface area contributed by atoms with Gasteiger partial charge in [0.15, 0.2) is 0 Å². The number of nitrogens with zero attached hydrogens (tertiary/aromatic N) is 2. The smallest absolute Gasteiger partial charge is 0.228 e. The third kappa shape index (κ3) is 5.00. The van der Waals surface area contributed by atoms with E-state index in [1.54, 1.807) is 12.3 Å². The molecule has 1 aromatic heterocycles. The lowest BCUT2D eigenvalue weighted by Gasteiger charge is -2.27. The number of anilines is 1. The van der Waals surface area contributed by atoms with Crippen LogP contribution < -0.4 is 5.73 Å². The average molecular weight is 298 g/mol. The second-order valence-electron chi connectivity index (χ2n) is 5.54. The molecule has 5 heteroatoms. The molecule has 1 saturated carbocycles. The zero-order valence-corrected chi connectivity index (χ0v) is 12.9. The van der Waals surface area contributed by atoms with Gasteiger partial charge in [0.1, 0.15) is 0 Å². The topological polar surface area (TPSA) is 59.2 Å². The van der Waals surface area contributed by atoms with Crippen LogP contribution in [0.5, 0.6) is 0 Å². The van der Waals surface area contributed by atoms with Crippen LogP contribution >= 0.6 is 12.4 Å². The van der Waals surface area contributed by atoms with Crippen LogP contribution in [-0.4, -0.2) is 29.4 Å². The molecular weight excluding hydrogens is 274 g/mol. The molecule has 2 N–H and O–H groups in total. The monoisotopic (exact) mass is 297 g/mol. The van der Waals surface area contributed by atoms with Crippen LogP contribution in [0.25, 0.3) is 0 Å². The normalized spacial score (nSPS) is 15.4. The molecular formula is C15H24ClN3O. The van der Waals surface area contributed by atoms with E-state index in [0.29, 0.717) is 18.0 Å². The molecule has 112 valence electrons. The molecule has 0 atom stereocenters. The van der Waals surface area contributed by atoms with Crippen molar-refractivity contribution in [2.45, 2.75) is 38.5 Å². The predicted molar refractivity (Wildman–Crippen MR) is 83.8 cm³/mol. The molecule has 1 amide bonds. The van der Waals surface area contributed by atoms with Crippen molar-refractivity contribution in [2.24, 2.45) is 5.92 Å². The first kappa shape index (κ1) is 16.8. The van der Waals surface area contributed by atoms with Crippen LogP contribution in [0.3, 0.4) is 0 Å². The molecule has 0 aromatic carbocycles. The fourth-order valence-corrected chi connectivity index (χ4v) is 2.69.